The molecule has 4 heteroatoms. The van der Waals surface area contributed by atoms with Crippen molar-refractivity contribution in [3.05, 3.63) is 12.3 Å². The van der Waals surface area contributed by atoms with Crippen molar-refractivity contribution in [1.82, 2.24) is 0 Å². The highest BCUT2D eigenvalue weighted by molar-refractivity contribution is 14.1. The number of rotatable bonds is 1. The molecule has 0 aliphatic rings. The summed E-state index contributed by atoms with van der Waals surface area (Å²) in [6, 6.07) is 0. The van der Waals surface area contributed by atoms with Gasteiger partial charge in [0.15, 0.2) is 0 Å². The van der Waals surface area contributed by atoms with E-state index in [1.54, 1.807) is 0 Å². The maximum atomic E-state index is 10.3. The molecule has 0 atom stereocenters. The Morgan fingerprint density at radius 1 is 1.75 bits per heavy atom. The minimum absolute atomic E-state index is 0.332. The molecular weight excluding hydrogens is 219 g/mol. The fourth-order valence-electron chi connectivity index (χ4n) is 0.173. The maximum absolute atomic E-state index is 10.3. The van der Waals surface area contributed by atoms with Crippen LogP contribution in [0.25, 0.3) is 0 Å². The largest absolute Gasteiger partial charge is 0.404 e. The average molecular weight is 224 g/mol. The van der Waals surface area contributed by atoms with E-state index in [4.69, 9.17) is 5.73 Å². The summed E-state index contributed by atoms with van der Waals surface area (Å²) in [6.07, 6.45) is 2.35. The Kier molecular flexibility index (Phi) is 4.53. The van der Waals surface area contributed by atoms with Gasteiger partial charge in [0, 0.05) is 6.08 Å². The van der Waals surface area contributed by atoms with E-state index in [0.717, 1.165) is 6.20 Å². The molecule has 0 saturated heterocycles. The summed E-state index contributed by atoms with van der Waals surface area (Å²) in [7, 11) is 0. The van der Waals surface area contributed by atoms with Gasteiger partial charge >= 0.3 is 0 Å². The number of carbonyl (C=O) groups excluding carboxylic acids is 1. The lowest BCUT2D eigenvalue weighted by Gasteiger charge is -1.74. The molecule has 0 heterocycles. The van der Waals surface area contributed by atoms with Crippen molar-refractivity contribution in [2.24, 2.45) is 10.7 Å². The van der Waals surface area contributed by atoms with Gasteiger partial charge in [-0.25, -0.2) is 4.99 Å². The number of nitrogens with zero attached hydrogens (tertiary/aromatic N) is 1. The number of nitrogens with two attached hydrogens (primary N) is 1. The quantitative estimate of drug-likeness (QED) is 0.399. The highest BCUT2D eigenvalue weighted by Crippen LogP contribution is 1.77. The molecule has 3 nitrogen and oxygen atoms in total. The first-order valence-corrected chi connectivity index (χ1v) is 3.11. The lowest BCUT2D eigenvalue weighted by Crippen LogP contribution is -1.87. The third-order valence-corrected chi connectivity index (χ3v) is 0.693. The zero-order valence-corrected chi connectivity index (χ0v) is 6.20. The number of carbonyl (C=O) groups is 1. The zero-order chi connectivity index (χ0) is 6.41. The topological polar surface area (TPSA) is 55.5 Å². The number of hydrogen-bond donors (Lipinski definition) is 1. The Labute approximate surface area is 60.8 Å². The molecule has 0 unspecified atom stereocenters. The van der Waals surface area contributed by atoms with Crippen molar-refractivity contribution >= 4 is 32.7 Å². The minimum atomic E-state index is -0.332. The molecule has 0 saturated carbocycles. The summed E-state index contributed by atoms with van der Waals surface area (Å²) < 4.78 is 1.39. The molecule has 0 bridgehead atoms. The van der Waals surface area contributed by atoms with Gasteiger partial charge in [0.1, 0.15) is 0 Å². The first kappa shape index (κ1) is 7.61. The molecule has 44 valence electrons. The third kappa shape index (κ3) is 3.79. The molecule has 0 radical (unpaired) electrons. The van der Waals surface area contributed by atoms with Crippen LogP contribution in [0.1, 0.15) is 0 Å². The van der Waals surface area contributed by atoms with Crippen molar-refractivity contribution in [3.8, 4) is 0 Å². The van der Waals surface area contributed by atoms with Gasteiger partial charge in [-0.3, -0.25) is 4.79 Å². The van der Waals surface area contributed by atoms with Crippen LogP contribution in [0.5, 0.6) is 0 Å². The summed E-state index contributed by atoms with van der Waals surface area (Å²) in [4.78, 5) is 13.6. The molecule has 0 aromatic heterocycles. The van der Waals surface area contributed by atoms with E-state index in [2.05, 4.69) is 4.99 Å². The van der Waals surface area contributed by atoms with E-state index in [-0.39, 0.29) is 5.91 Å². The number of hydrogen-bond acceptors (Lipinski definition) is 2. The van der Waals surface area contributed by atoms with Crippen LogP contribution in [0, 0.1) is 0 Å². The van der Waals surface area contributed by atoms with Crippen molar-refractivity contribution < 1.29 is 4.79 Å². The van der Waals surface area contributed by atoms with Crippen LogP contribution in [0.15, 0.2) is 17.3 Å². The standard InChI is InChI=1S/C4H5IN2O/c5-3-7-4(8)1-2-6/h1-3H,6H2/b2-1-,7-3-. The van der Waals surface area contributed by atoms with Crippen molar-refractivity contribution in [3.63, 3.8) is 0 Å². The smallest absolute Gasteiger partial charge is 0.271 e. The molecule has 0 fully saturated rings. The Morgan fingerprint density at radius 2 is 2.38 bits per heavy atom. The van der Waals surface area contributed by atoms with Crippen LogP contribution >= 0.6 is 22.6 Å². The Bertz CT molecular complexity index is 116. The third-order valence-electron chi connectivity index (χ3n) is 0.415. The number of aliphatic imine (C=N–C) groups is 1. The summed E-state index contributed by atoms with van der Waals surface area (Å²) >= 11 is 1.86. The predicted octanol–water partition coefficient (Wildman–Crippen LogP) is 0.449. The SMILES string of the molecule is N/C=C\C(=O)/N=C\I. The van der Waals surface area contributed by atoms with Gasteiger partial charge in [0.2, 0.25) is 0 Å². The summed E-state index contributed by atoms with van der Waals surface area (Å²) in [6.45, 7) is 0. The van der Waals surface area contributed by atoms with E-state index < -0.39 is 0 Å². The molecule has 8 heavy (non-hydrogen) atoms. The van der Waals surface area contributed by atoms with Crippen molar-refractivity contribution in [2.45, 2.75) is 0 Å². The monoisotopic (exact) mass is 224 g/mol. The van der Waals surface area contributed by atoms with Gasteiger partial charge in [-0.1, -0.05) is 0 Å². The molecule has 0 aliphatic carbocycles. The van der Waals surface area contributed by atoms with Crippen LogP contribution < -0.4 is 5.73 Å². The molecule has 1 amide bonds. The van der Waals surface area contributed by atoms with Crippen LogP contribution in [0.2, 0.25) is 0 Å². The van der Waals surface area contributed by atoms with E-state index in [0.29, 0.717) is 0 Å². The first-order chi connectivity index (χ1) is 3.81. The first-order valence-electron chi connectivity index (χ1n) is 1.86. The second-order valence-corrected chi connectivity index (χ2v) is 1.48. The van der Waals surface area contributed by atoms with Gasteiger partial charge < -0.3 is 5.73 Å². The summed E-state index contributed by atoms with van der Waals surface area (Å²) in [5, 5.41) is 0. The molecule has 0 aromatic carbocycles. The normalized spacial score (nSPS) is 11.1. The molecular formula is C4H5IN2O. The van der Waals surface area contributed by atoms with E-state index >= 15 is 0 Å². The second kappa shape index (κ2) is 4.76. The van der Waals surface area contributed by atoms with Crippen LogP contribution in [0.4, 0.5) is 0 Å². The molecule has 0 rings (SSSR count). The van der Waals surface area contributed by atoms with E-state index in [1.165, 1.54) is 10.3 Å². The Hall–Kier alpha value is -0.390. The molecule has 0 aliphatic heterocycles. The lowest BCUT2D eigenvalue weighted by molar-refractivity contribution is -0.113. The van der Waals surface area contributed by atoms with Gasteiger partial charge in [0.05, 0.1) is 4.22 Å². The minimum Gasteiger partial charge on any atom is -0.404 e. The lowest BCUT2D eigenvalue weighted by atomic mass is 10.6. The van der Waals surface area contributed by atoms with Crippen LogP contribution in [-0.2, 0) is 4.79 Å². The molecule has 2 N–H and O–H groups in total. The predicted molar refractivity (Wildman–Crippen MR) is 40.8 cm³/mol. The Balaban J connectivity index is 3.66. The highest BCUT2D eigenvalue weighted by Gasteiger charge is 1.83. The zero-order valence-electron chi connectivity index (χ0n) is 4.04. The number of halogens is 1. The fraction of sp³-hybridized carbons (Fsp3) is 0. The van der Waals surface area contributed by atoms with Crippen LogP contribution in [0.3, 0.4) is 0 Å². The van der Waals surface area contributed by atoms with Gasteiger partial charge in [0.25, 0.3) is 5.91 Å². The molecule has 0 spiro atoms. The number of amides is 1. The molecule has 0 aromatic rings. The second-order valence-electron chi connectivity index (χ2n) is 0.924. The summed E-state index contributed by atoms with van der Waals surface area (Å²) in [5.74, 6) is -0.332. The fourth-order valence-corrected chi connectivity index (χ4v) is 0.448. The van der Waals surface area contributed by atoms with E-state index in [9.17, 15) is 4.79 Å². The summed E-state index contributed by atoms with van der Waals surface area (Å²) in [5.41, 5.74) is 4.88. The Morgan fingerprint density at radius 3 is 2.75 bits per heavy atom. The van der Waals surface area contributed by atoms with Gasteiger partial charge in [-0.05, 0) is 28.8 Å². The maximum Gasteiger partial charge on any atom is 0.271 e. The van der Waals surface area contributed by atoms with Gasteiger partial charge in [-0.15, -0.1) is 0 Å². The van der Waals surface area contributed by atoms with Crippen molar-refractivity contribution in [2.75, 3.05) is 0 Å². The average Bonchev–Trinajstić information content (AvgIpc) is 1.68. The van der Waals surface area contributed by atoms with Gasteiger partial charge in [-0.2, -0.15) is 0 Å². The highest BCUT2D eigenvalue weighted by atomic mass is 127. The van der Waals surface area contributed by atoms with E-state index in [1.807, 2.05) is 22.6 Å². The van der Waals surface area contributed by atoms with Crippen molar-refractivity contribution in [1.29, 1.82) is 0 Å². The van der Waals surface area contributed by atoms with Crippen LogP contribution in [-0.4, -0.2) is 10.1 Å².